The van der Waals surface area contributed by atoms with Crippen molar-refractivity contribution >= 4 is 11.9 Å². The first-order chi connectivity index (χ1) is 11.7. The van der Waals surface area contributed by atoms with Gasteiger partial charge in [0.05, 0.1) is 12.2 Å². The third kappa shape index (κ3) is 3.46. The van der Waals surface area contributed by atoms with Gasteiger partial charge in [-0.2, -0.15) is 0 Å². The number of rotatable bonds is 5. The van der Waals surface area contributed by atoms with Gasteiger partial charge in [-0.25, -0.2) is 4.79 Å². The van der Waals surface area contributed by atoms with E-state index in [1.165, 1.54) is 0 Å². The van der Waals surface area contributed by atoms with Crippen LogP contribution in [0.2, 0.25) is 0 Å². The molecule has 3 rings (SSSR count). The number of hydrogen-bond donors (Lipinski definition) is 1. The van der Waals surface area contributed by atoms with Crippen LogP contribution in [0.3, 0.4) is 0 Å². The molecule has 0 aromatic heterocycles. The summed E-state index contributed by atoms with van der Waals surface area (Å²) >= 11 is 0. The molecule has 0 aliphatic carbocycles. The molecule has 1 heterocycles. The zero-order valence-electron chi connectivity index (χ0n) is 13.5. The molecule has 0 saturated heterocycles. The van der Waals surface area contributed by atoms with Crippen molar-refractivity contribution in [3.63, 3.8) is 0 Å². The highest BCUT2D eigenvalue weighted by Gasteiger charge is 2.28. The number of fused-ring (bicyclic) bond motifs is 1. The average Bonchev–Trinajstić information content (AvgIpc) is 2.62. The number of carbonyl (C=O) groups is 2. The van der Waals surface area contributed by atoms with Gasteiger partial charge in [0.25, 0.3) is 5.91 Å². The van der Waals surface area contributed by atoms with E-state index in [9.17, 15) is 9.59 Å². The molecule has 124 valence electrons. The van der Waals surface area contributed by atoms with Gasteiger partial charge in [0.15, 0.2) is 0 Å². The number of nitrogens with one attached hydrogen (secondary N) is 1. The molecule has 1 N–H and O–H groups in total. The lowest BCUT2D eigenvalue weighted by molar-refractivity contribution is 0.0252. The van der Waals surface area contributed by atoms with Gasteiger partial charge in [0.2, 0.25) is 0 Å². The Kier molecular flexibility index (Phi) is 4.91. The van der Waals surface area contributed by atoms with Crippen LogP contribution in [0.4, 0.5) is 0 Å². The Morgan fingerprint density at radius 2 is 2.04 bits per heavy atom. The first-order valence-electron chi connectivity index (χ1n) is 7.85. The molecule has 0 radical (unpaired) electrons. The zero-order valence-corrected chi connectivity index (χ0v) is 13.5. The second-order valence-electron chi connectivity index (χ2n) is 5.63. The second-order valence-corrected chi connectivity index (χ2v) is 5.63. The van der Waals surface area contributed by atoms with Crippen molar-refractivity contribution in [3.8, 4) is 0 Å². The lowest BCUT2D eigenvalue weighted by Gasteiger charge is -2.25. The molecule has 5 nitrogen and oxygen atoms in total. The van der Waals surface area contributed by atoms with Gasteiger partial charge >= 0.3 is 5.97 Å². The van der Waals surface area contributed by atoms with Crippen LogP contribution in [0.25, 0.3) is 0 Å². The third-order valence-electron chi connectivity index (χ3n) is 4.01. The minimum atomic E-state index is -0.351. The quantitative estimate of drug-likeness (QED) is 0.678. The normalized spacial score (nSPS) is 16.2. The molecule has 2 aromatic rings. The van der Waals surface area contributed by atoms with E-state index < -0.39 is 0 Å². The van der Waals surface area contributed by atoms with E-state index in [2.05, 4.69) is 5.32 Å². The van der Waals surface area contributed by atoms with E-state index in [0.717, 1.165) is 11.1 Å². The van der Waals surface area contributed by atoms with Crippen molar-refractivity contribution in [3.05, 3.63) is 70.8 Å². The van der Waals surface area contributed by atoms with E-state index in [-0.39, 0.29) is 18.0 Å². The van der Waals surface area contributed by atoms with Crippen LogP contribution in [-0.4, -0.2) is 32.1 Å². The number of amides is 1. The minimum Gasteiger partial charge on any atom is -0.454 e. The number of carbonyl (C=O) groups excluding carboxylic acids is 2. The van der Waals surface area contributed by atoms with E-state index >= 15 is 0 Å². The summed E-state index contributed by atoms with van der Waals surface area (Å²) in [5, 5.41) is 2.78. The molecule has 0 saturated carbocycles. The second kappa shape index (κ2) is 7.27. The molecule has 24 heavy (non-hydrogen) atoms. The number of benzene rings is 2. The predicted molar refractivity (Wildman–Crippen MR) is 89.0 cm³/mol. The summed E-state index contributed by atoms with van der Waals surface area (Å²) in [5.74, 6) is -0.526. The van der Waals surface area contributed by atoms with Gasteiger partial charge in [0.1, 0.15) is 6.10 Å². The van der Waals surface area contributed by atoms with Crippen molar-refractivity contribution in [2.75, 3.05) is 20.3 Å². The SMILES string of the molecule is COCCNC(=O)c1ccc2c(c1)C[C@H](c1ccccc1)OC2=O. The first kappa shape index (κ1) is 16.2. The summed E-state index contributed by atoms with van der Waals surface area (Å²) in [6.07, 6.45) is 0.239. The van der Waals surface area contributed by atoms with Crippen molar-refractivity contribution in [1.29, 1.82) is 0 Å². The summed E-state index contributed by atoms with van der Waals surface area (Å²) < 4.78 is 10.4. The Balaban J connectivity index is 1.81. The van der Waals surface area contributed by atoms with Crippen molar-refractivity contribution in [1.82, 2.24) is 5.32 Å². The summed E-state index contributed by atoms with van der Waals surface area (Å²) in [6, 6.07) is 14.7. The molecular weight excluding hydrogens is 306 g/mol. The monoisotopic (exact) mass is 325 g/mol. The lowest BCUT2D eigenvalue weighted by Crippen LogP contribution is -2.28. The molecule has 1 aliphatic heterocycles. The van der Waals surface area contributed by atoms with Crippen molar-refractivity contribution < 1.29 is 19.1 Å². The Labute approximate surface area is 140 Å². The van der Waals surface area contributed by atoms with Gasteiger partial charge in [0, 0.05) is 25.6 Å². The molecule has 1 atom stereocenters. The summed E-state index contributed by atoms with van der Waals surface area (Å²) in [5.41, 5.74) is 2.84. The molecule has 5 heteroatoms. The molecule has 0 bridgehead atoms. The topological polar surface area (TPSA) is 64.6 Å². The van der Waals surface area contributed by atoms with Gasteiger partial charge in [-0.3, -0.25) is 4.79 Å². The smallest absolute Gasteiger partial charge is 0.339 e. The molecular formula is C19H19NO4. The van der Waals surface area contributed by atoms with E-state index in [1.54, 1.807) is 25.3 Å². The van der Waals surface area contributed by atoms with Crippen LogP contribution in [0.5, 0.6) is 0 Å². The maximum absolute atomic E-state index is 12.2. The molecule has 0 spiro atoms. The molecule has 0 unspecified atom stereocenters. The average molecular weight is 325 g/mol. The van der Waals surface area contributed by atoms with Crippen LogP contribution >= 0.6 is 0 Å². The number of methoxy groups -OCH3 is 1. The Morgan fingerprint density at radius 3 is 2.79 bits per heavy atom. The van der Waals surface area contributed by atoms with E-state index in [4.69, 9.17) is 9.47 Å². The predicted octanol–water partition coefficient (Wildman–Crippen LogP) is 2.52. The highest BCUT2D eigenvalue weighted by atomic mass is 16.5. The van der Waals surface area contributed by atoms with Crippen LogP contribution in [0.1, 0.15) is 37.9 Å². The Hall–Kier alpha value is -2.66. The van der Waals surface area contributed by atoms with Crippen LogP contribution < -0.4 is 5.32 Å². The molecule has 2 aromatic carbocycles. The minimum absolute atomic E-state index is 0.176. The summed E-state index contributed by atoms with van der Waals surface area (Å²) in [7, 11) is 1.58. The largest absolute Gasteiger partial charge is 0.454 e. The summed E-state index contributed by atoms with van der Waals surface area (Å²) in [4.78, 5) is 24.4. The van der Waals surface area contributed by atoms with Crippen LogP contribution in [-0.2, 0) is 15.9 Å². The van der Waals surface area contributed by atoms with Crippen LogP contribution in [0, 0.1) is 0 Å². The highest BCUT2D eigenvalue weighted by molar-refractivity contribution is 5.97. The maximum atomic E-state index is 12.2. The number of hydrogen-bond acceptors (Lipinski definition) is 4. The van der Waals surface area contributed by atoms with E-state index in [1.807, 2.05) is 30.3 Å². The fourth-order valence-corrected chi connectivity index (χ4v) is 2.76. The fourth-order valence-electron chi connectivity index (χ4n) is 2.76. The lowest BCUT2D eigenvalue weighted by atomic mass is 9.93. The number of esters is 1. The van der Waals surface area contributed by atoms with Crippen LogP contribution in [0.15, 0.2) is 48.5 Å². The summed E-state index contributed by atoms with van der Waals surface area (Å²) in [6.45, 7) is 0.903. The standard InChI is InChI=1S/C19H19NO4/c1-23-10-9-20-18(21)14-7-8-16-15(11-14)12-17(24-19(16)22)13-5-3-2-4-6-13/h2-8,11,17H,9-10,12H2,1H3,(H,20,21)/t17-/m1/s1. The highest BCUT2D eigenvalue weighted by Crippen LogP contribution is 2.30. The van der Waals surface area contributed by atoms with Gasteiger partial charge in [-0.05, 0) is 29.3 Å². The van der Waals surface area contributed by atoms with Crippen molar-refractivity contribution in [2.24, 2.45) is 0 Å². The Bertz CT molecular complexity index is 742. The van der Waals surface area contributed by atoms with Gasteiger partial charge in [-0.15, -0.1) is 0 Å². The number of cyclic esters (lactones) is 1. The molecule has 0 fully saturated rings. The molecule has 1 aliphatic rings. The maximum Gasteiger partial charge on any atom is 0.339 e. The molecule has 1 amide bonds. The van der Waals surface area contributed by atoms with Crippen molar-refractivity contribution in [2.45, 2.75) is 12.5 Å². The van der Waals surface area contributed by atoms with E-state index in [0.29, 0.717) is 30.7 Å². The zero-order chi connectivity index (χ0) is 16.9. The Morgan fingerprint density at radius 1 is 1.25 bits per heavy atom. The first-order valence-corrected chi connectivity index (χ1v) is 7.85. The fraction of sp³-hybridized carbons (Fsp3) is 0.263. The van der Waals surface area contributed by atoms with Gasteiger partial charge in [-0.1, -0.05) is 30.3 Å². The number of ether oxygens (including phenoxy) is 2. The third-order valence-corrected chi connectivity index (χ3v) is 4.01. The van der Waals surface area contributed by atoms with Gasteiger partial charge < -0.3 is 14.8 Å².